The van der Waals surface area contributed by atoms with Crippen LogP contribution in [-0.2, 0) is 11.3 Å². The number of rotatable bonds is 7. The average molecular weight is 305 g/mol. The van der Waals surface area contributed by atoms with E-state index in [4.69, 9.17) is 4.74 Å². The van der Waals surface area contributed by atoms with E-state index in [-0.39, 0.29) is 5.91 Å². The Balaban J connectivity index is 1.75. The van der Waals surface area contributed by atoms with Crippen molar-refractivity contribution in [2.45, 2.75) is 51.6 Å². The lowest BCUT2D eigenvalue weighted by molar-refractivity contribution is -0.121. The van der Waals surface area contributed by atoms with E-state index >= 15 is 0 Å². The number of amides is 1. The van der Waals surface area contributed by atoms with Crippen molar-refractivity contribution >= 4 is 5.91 Å². The van der Waals surface area contributed by atoms with Crippen LogP contribution < -0.4 is 10.1 Å². The topological polar surface area (TPSA) is 54.5 Å². The standard InChI is InChI=1S/C17H27N3O2/c1-3-22-17-14(7-6-11-18-17)13-19-16(21)10-9-15-8-4-5-12-20(15)2/h6-7,11,15H,3-5,8-10,12-13H2,1-2H3,(H,19,21). The zero-order valence-corrected chi connectivity index (χ0v) is 13.7. The summed E-state index contributed by atoms with van der Waals surface area (Å²) in [4.78, 5) is 18.6. The minimum atomic E-state index is 0.102. The Morgan fingerprint density at radius 1 is 1.50 bits per heavy atom. The lowest BCUT2D eigenvalue weighted by Gasteiger charge is -2.32. The number of nitrogens with zero attached hydrogens (tertiary/aromatic N) is 2. The van der Waals surface area contributed by atoms with Crippen molar-refractivity contribution in [1.29, 1.82) is 0 Å². The molecule has 2 heterocycles. The van der Waals surface area contributed by atoms with Crippen molar-refractivity contribution in [3.8, 4) is 5.88 Å². The third-order valence-electron chi connectivity index (χ3n) is 4.23. The van der Waals surface area contributed by atoms with E-state index in [1.165, 1.54) is 19.3 Å². The third-order valence-corrected chi connectivity index (χ3v) is 4.23. The minimum Gasteiger partial charge on any atom is -0.478 e. The monoisotopic (exact) mass is 305 g/mol. The second-order valence-electron chi connectivity index (χ2n) is 5.85. The number of hydrogen-bond donors (Lipinski definition) is 1. The van der Waals surface area contributed by atoms with Gasteiger partial charge in [-0.1, -0.05) is 12.5 Å². The maximum atomic E-state index is 12.0. The van der Waals surface area contributed by atoms with Crippen LogP contribution in [0.25, 0.3) is 0 Å². The Labute approximate surface area is 133 Å². The number of likely N-dealkylation sites (tertiary alicyclic amines) is 1. The van der Waals surface area contributed by atoms with Crippen molar-refractivity contribution in [3.63, 3.8) is 0 Å². The molecule has 1 atom stereocenters. The molecule has 1 amide bonds. The quantitative estimate of drug-likeness (QED) is 0.840. The summed E-state index contributed by atoms with van der Waals surface area (Å²) in [6, 6.07) is 4.35. The Bertz CT molecular complexity index is 479. The fraction of sp³-hybridized carbons (Fsp3) is 0.647. The molecular formula is C17H27N3O2. The second-order valence-corrected chi connectivity index (χ2v) is 5.85. The first kappa shape index (κ1) is 16.7. The SMILES string of the molecule is CCOc1ncccc1CNC(=O)CCC1CCCCN1C. The molecule has 0 bridgehead atoms. The van der Waals surface area contributed by atoms with Crippen molar-refractivity contribution in [2.24, 2.45) is 0 Å². The highest BCUT2D eigenvalue weighted by Gasteiger charge is 2.19. The van der Waals surface area contributed by atoms with Crippen LogP contribution in [0.1, 0.15) is 44.6 Å². The number of aromatic nitrogens is 1. The highest BCUT2D eigenvalue weighted by molar-refractivity contribution is 5.75. The molecule has 0 aliphatic carbocycles. The molecule has 1 unspecified atom stereocenters. The van der Waals surface area contributed by atoms with E-state index in [2.05, 4.69) is 22.2 Å². The first-order chi connectivity index (χ1) is 10.7. The molecule has 1 aliphatic rings. The van der Waals surface area contributed by atoms with Crippen LogP contribution in [0.5, 0.6) is 5.88 Å². The maximum absolute atomic E-state index is 12.0. The van der Waals surface area contributed by atoms with E-state index in [0.717, 1.165) is 18.5 Å². The predicted octanol–water partition coefficient (Wildman–Crippen LogP) is 2.36. The number of nitrogens with one attached hydrogen (secondary N) is 1. The Morgan fingerprint density at radius 2 is 2.36 bits per heavy atom. The summed E-state index contributed by atoms with van der Waals surface area (Å²) in [6.45, 7) is 4.13. The van der Waals surface area contributed by atoms with E-state index in [1.54, 1.807) is 6.20 Å². The maximum Gasteiger partial charge on any atom is 0.220 e. The van der Waals surface area contributed by atoms with Gasteiger partial charge in [-0.25, -0.2) is 4.98 Å². The molecule has 0 aromatic carbocycles. The summed E-state index contributed by atoms with van der Waals surface area (Å²) in [6.07, 6.45) is 6.99. The largest absolute Gasteiger partial charge is 0.478 e. The van der Waals surface area contributed by atoms with Crippen molar-refractivity contribution in [2.75, 3.05) is 20.2 Å². The molecule has 5 nitrogen and oxygen atoms in total. The van der Waals surface area contributed by atoms with Crippen LogP contribution in [-0.4, -0.2) is 42.0 Å². The van der Waals surface area contributed by atoms with Crippen molar-refractivity contribution in [1.82, 2.24) is 15.2 Å². The lowest BCUT2D eigenvalue weighted by Crippen LogP contribution is -2.37. The zero-order chi connectivity index (χ0) is 15.8. The first-order valence-corrected chi connectivity index (χ1v) is 8.24. The smallest absolute Gasteiger partial charge is 0.220 e. The molecule has 1 saturated heterocycles. The summed E-state index contributed by atoms with van der Waals surface area (Å²) in [5.41, 5.74) is 0.924. The van der Waals surface area contributed by atoms with Gasteiger partial charge in [-0.05, 0) is 45.8 Å². The molecule has 1 aromatic rings. The number of ether oxygens (including phenoxy) is 1. The van der Waals surface area contributed by atoms with Gasteiger partial charge in [-0.3, -0.25) is 4.79 Å². The normalized spacial score (nSPS) is 18.9. The van der Waals surface area contributed by atoms with Gasteiger partial charge < -0.3 is 15.0 Å². The summed E-state index contributed by atoms with van der Waals surface area (Å²) < 4.78 is 5.47. The van der Waals surface area contributed by atoms with Crippen LogP contribution >= 0.6 is 0 Å². The van der Waals surface area contributed by atoms with Crippen LogP contribution in [0.3, 0.4) is 0 Å². The number of piperidine rings is 1. The zero-order valence-electron chi connectivity index (χ0n) is 13.7. The van der Waals surface area contributed by atoms with Gasteiger partial charge in [0.15, 0.2) is 0 Å². The molecule has 0 spiro atoms. The molecule has 2 rings (SSSR count). The van der Waals surface area contributed by atoms with Crippen LogP contribution in [0.4, 0.5) is 0 Å². The number of pyridine rings is 1. The molecular weight excluding hydrogens is 278 g/mol. The Hall–Kier alpha value is -1.62. The summed E-state index contributed by atoms with van der Waals surface area (Å²) in [5, 5.41) is 2.97. The van der Waals surface area contributed by atoms with Crippen LogP contribution in [0.15, 0.2) is 18.3 Å². The average Bonchev–Trinajstić information content (AvgIpc) is 2.53. The fourth-order valence-corrected chi connectivity index (χ4v) is 2.91. The third kappa shape index (κ3) is 4.98. The van der Waals surface area contributed by atoms with E-state index in [9.17, 15) is 4.79 Å². The number of hydrogen-bond acceptors (Lipinski definition) is 4. The molecule has 22 heavy (non-hydrogen) atoms. The van der Waals surface area contributed by atoms with Gasteiger partial charge in [0.05, 0.1) is 6.61 Å². The molecule has 5 heteroatoms. The van der Waals surface area contributed by atoms with Gasteiger partial charge in [0.1, 0.15) is 0 Å². The van der Waals surface area contributed by atoms with Gasteiger partial charge in [0.25, 0.3) is 0 Å². The molecule has 0 saturated carbocycles. The van der Waals surface area contributed by atoms with Gasteiger partial charge in [-0.2, -0.15) is 0 Å². The van der Waals surface area contributed by atoms with Gasteiger partial charge in [-0.15, -0.1) is 0 Å². The number of carbonyl (C=O) groups is 1. The summed E-state index contributed by atoms with van der Waals surface area (Å²) >= 11 is 0. The lowest BCUT2D eigenvalue weighted by atomic mass is 9.98. The van der Waals surface area contributed by atoms with Crippen LogP contribution in [0, 0.1) is 0 Å². The van der Waals surface area contributed by atoms with Gasteiger partial charge >= 0.3 is 0 Å². The molecule has 1 N–H and O–H groups in total. The van der Waals surface area contributed by atoms with Crippen molar-refractivity contribution in [3.05, 3.63) is 23.9 Å². The highest BCUT2D eigenvalue weighted by atomic mass is 16.5. The molecule has 0 radical (unpaired) electrons. The van der Waals surface area contributed by atoms with E-state index in [0.29, 0.717) is 31.5 Å². The van der Waals surface area contributed by atoms with Gasteiger partial charge in [0, 0.05) is 30.8 Å². The Kier molecular flexibility index (Phi) is 6.65. The summed E-state index contributed by atoms with van der Waals surface area (Å²) in [5.74, 6) is 0.711. The minimum absolute atomic E-state index is 0.102. The van der Waals surface area contributed by atoms with Crippen molar-refractivity contribution < 1.29 is 9.53 Å². The van der Waals surface area contributed by atoms with Gasteiger partial charge in [0.2, 0.25) is 11.8 Å². The summed E-state index contributed by atoms with van der Waals surface area (Å²) in [7, 11) is 2.16. The first-order valence-electron chi connectivity index (χ1n) is 8.24. The molecule has 122 valence electrons. The molecule has 1 aliphatic heterocycles. The Morgan fingerprint density at radius 3 is 3.14 bits per heavy atom. The van der Waals surface area contributed by atoms with E-state index < -0.39 is 0 Å². The molecule has 1 fully saturated rings. The second kappa shape index (κ2) is 8.73. The highest BCUT2D eigenvalue weighted by Crippen LogP contribution is 2.19. The molecule has 1 aromatic heterocycles. The number of carbonyl (C=O) groups excluding carboxylic acids is 1. The van der Waals surface area contributed by atoms with Crippen LogP contribution in [0.2, 0.25) is 0 Å². The predicted molar refractivity (Wildman–Crippen MR) is 86.8 cm³/mol. The fourth-order valence-electron chi connectivity index (χ4n) is 2.91. The van der Waals surface area contributed by atoms with E-state index in [1.807, 2.05) is 19.1 Å².